The van der Waals surface area contributed by atoms with Crippen LogP contribution in [0.2, 0.25) is 0 Å². The zero-order valence-electron chi connectivity index (χ0n) is 36.7. The summed E-state index contributed by atoms with van der Waals surface area (Å²) in [7, 11) is 0. The normalized spacial score (nSPS) is 20.4. The lowest BCUT2D eigenvalue weighted by Crippen LogP contribution is -2.54. The van der Waals surface area contributed by atoms with Crippen LogP contribution < -0.4 is 25.4 Å². The number of hydrogen-bond donors (Lipinski definition) is 3. The maximum absolute atomic E-state index is 14.0. The number of ether oxygens (including phenoxy) is 3. The van der Waals surface area contributed by atoms with Crippen LogP contribution in [0.3, 0.4) is 0 Å². The van der Waals surface area contributed by atoms with Gasteiger partial charge < -0.3 is 29.7 Å². The standard InChI is InChI=1S/C49H53FN6O10/c1-29(30-5-7-31(8-6-30)36-17-21-51-39-14-9-32(50)27-38(36)39)46(60)53-33-10-12-34(13-11-33)66-35-18-23-55(24-19-35)44(59)20-25-64-26-22-52-43(58)28-65-41-4-2-3-37-45(41)49(63)56(48(37)62)40-15-16-42(57)54-47(40)61/h2-4,9-14,17,21,27,29-31,35,40H,5-8,15-16,18-20,22-26,28H2,1H3,(H,52,58)(H,53,60)(H,54,57,61)/t29-,30-,31+,40?/m1/s1. The van der Waals surface area contributed by atoms with Gasteiger partial charge >= 0.3 is 0 Å². The van der Waals surface area contributed by atoms with E-state index in [0.717, 1.165) is 47.0 Å². The van der Waals surface area contributed by atoms with E-state index >= 15 is 0 Å². The van der Waals surface area contributed by atoms with Gasteiger partial charge in [-0.05, 0) is 110 Å². The number of anilines is 1. The number of hydrogen-bond acceptors (Lipinski definition) is 11. The third-order valence-electron chi connectivity index (χ3n) is 13.1. The van der Waals surface area contributed by atoms with Gasteiger partial charge in [-0.2, -0.15) is 0 Å². The minimum atomic E-state index is -1.12. The molecule has 17 heteroatoms. The highest BCUT2D eigenvalue weighted by Crippen LogP contribution is 2.41. The van der Waals surface area contributed by atoms with Crippen molar-refractivity contribution in [3.8, 4) is 11.5 Å². The molecule has 4 aliphatic rings. The van der Waals surface area contributed by atoms with Crippen molar-refractivity contribution in [1.29, 1.82) is 0 Å². The number of pyridine rings is 1. The summed E-state index contributed by atoms with van der Waals surface area (Å²) in [4.78, 5) is 95.9. The number of carbonyl (C=O) groups is 7. The van der Waals surface area contributed by atoms with Crippen molar-refractivity contribution in [3.05, 3.63) is 95.4 Å². The first-order valence-electron chi connectivity index (χ1n) is 22.6. The molecule has 0 spiro atoms. The third kappa shape index (κ3) is 10.5. The molecule has 1 aromatic heterocycles. The molecule has 8 rings (SSSR count). The molecule has 3 aliphatic heterocycles. The van der Waals surface area contributed by atoms with Gasteiger partial charge in [-0.25, -0.2) is 4.39 Å². The fraction of sp³-hybridized carbons (Fsp3) is 0.429. The first-order valence-corrected chi connectivity index (χ1v) is 22.6. The Bertz CT molecular complexity index is 2500. The lowest BCUT2D eigenvalue weighted by Gasteiger charge is -2.32. The molecule has 4 heterocycles. The van der Waals surface area contributed by atoms with Crippen molar-refractivity contribution in [1.82, 2.24) is 25.4 Å². The summed E-state index contributed by atoms with van der Waals surface area (Å²) < 4.78 is 31.4. The molecule has 0 bridgehead atoms. The molecule has 2 saturated heterocycles. The van der Waals surface area contributed by atoms with E-state index in [0.29, 0.717) is 43.3 Å². The first-order chi connectivity index (χ1) is 31.9. The van der Waals surface area contributed by atoms with Crippen molar-refractivity contribution in [3.63, 3.8) is 0 Å². The number of amides is 7. The van der Waals surface area contributed by atoms with Crippen LogP contribution in [0.1, 0.15) is 96.9 Å². The van der Waals surface area contributed by atoms with Gasteiger partial charge in [0.1, 0.15) is 29.5 Å². The number of fused-ring (bicyclic) bond motifs is 2. The van der Waals surface area contributed by atoms with Gasteiger partial charge in [0.15, 0.2) is 6.61 Å². The Morgan fingerprint density at radius 1 is 0.894 bits per heavy atom. The van der Waals surface area contributed by atoms with Crippen molar-refractivity contribution in [2.24, 2.45) is 11.8 Å². The highest BCUT2D eigenvalue weighted by molar-refractivity contribution is 6.24. The van der Waals surface area contributed by atoms with Gasteiger partial charge in [-0.1, -0.05) is 13.0 Å². The lowest BCUT2D eigenvalue weighted by molar-refractivity contribution is -0.136. The Balaban J connectivity index is 0.683. The molecular weight excluding hydrogens is 852 g/mol. The molecule has 0 radical (unpaired) electrons. The minimum Gasteiger partial charge on any atom is -0.490 e. The zero-order chi connectivity index (χ0) is 46.3. The molecule has 66 heavy (non-hydrogen) atoms. The molecule has 3 aromatic carbocycles. The number of nitrogens with zero attached hydrogens (tertiary/aromatic N) is 3. The molecule has 3 fully saturated rings. The SMILES string of the molecule is C[C@@H](C(=O)Nc1ccc(OC2CCN(C(=O)CCOCCNC(=O)COc3cccc4c3C(=O)N(C3CCC(=O)NC3=O)C4=O)CC2)cc1)[C@H]1CC[C@@H](c2ccnc3ccc(F)cc32)CC1. The van der Waals surface area contributed by atoms with Crippen LogP contribution >= 0.6 is 0 Å². The molecule has 1 unspecified atom stereocenters. The molecule has 7 amide bonds. The van der Waals surface area contributed by atoms with Gasteiger partial charge in [0, 0.05) is 62.1 Å². The average molecular weight is 905 g/mol. The quantitative estimate of drug-likeness (QED) is 0.0974. The van der Waals surface area contributed by atoms with Crippen LogP contribution in [-0.4, -0.2) is 108 Å². The second kappa shape index (κ2) is 20.6. The number of imide groups is 2. The Kier molecular flexibility index (Phi) is 14.3. The highest BCUT2D eigenvalue weighted by atomic mass is 19.1. The van der Waals surface area contributed by atoms with Crippen LogP contribution in [0.5, 0.6) is 11.5 Å². The largest absolute Gasteiger partial charge is 0.490 e. The fourth-order valence-corrected chi connectivity index (χ4v) is 9.41. The molecule has 2 atom stereocenters. The Hall–Kier alpha value is -6.75. The van der Waals surface area contributed by atoms with Crippen LogP contribution in [0.25, 0.3) is 10.9 Å². The fourth-order valence-electron chi connectivity index (χ4n) is 9.41. The van der Waals surface area contributed by atoms with Crippen LogP contribution in [0, 0.1) is 17.7 Å². The molecular formula is C49H53FN6O10. The molecule has 1 saturated carbocycles. The number of likely N-dealkylation sites (tertiary alicyclic amines) is 1. The minimum absolute atomic E-state index is 0.00416. The summed E-state index contributed by atoms with van der Waals surface area (Å²) in [6.45, 7) is 3.11. The van der Waals surface area contributed by atoms with Crippen molar-refractivity contribution < 1.29 is 52.2 Å². The van der Waals surface area contributed by atoms with E-state index in [2.05, 4.69) is 20.9 Å². The van der Waals surface area contributed by atoms with Gasteiger partial charge in [-0.3, -0.25) is 48.8 Å². The second-order valence-corrected chi connectivity index (χ2v) is 17.3. The van der Waals surface area contributed by atoms with Gasteiger partial charge in [0.05, 0.1) is 36.3 Å². The summed E-state index contributed by atoms with van der Waals surface area (Å²) in [5, 5.41) is 8.74. The third-order valence-corrected chi connectivity index (χ3v) is 13.1. The Morgan fingerprint density at radius 3 is 2.42 bits per heavy atom. The molecule has 3 N–H and O–H groups in total. The summed E-state index contributed by atoms with van der Waals surface area (Å²) in [6.07, 6.45) is 6.97. The van der Waals surface area contributed by atoms with E-state index in [9.17, 15) is 38.0 Å². The number of rotatable bonds is 16. The average Bonchev–Trinajstić information content (AvgIpc) is 3.58. The van der Waals surface area contributed by atoms with Crippen molar-refractivity contribution in [2.75, 3.05) is 44.8 Å². The van der Waals surface area contributed by atoms with E-state index < -0.39 is 42.2 Å². The number of aromatic nitrogens is 1. The van der Waals surface area contributed by atoms with E-state index in [1.54, 1.807) is 23.2 Å². The Labute approximate surface area is 380 Å². The summed E-state index contributed by atoms with van der Waals surface area (Å²) >= 11 is 0. The Morgan fingerprint density at radius 2 is 1.67 bits per heavy atom. The summed E-state index contributed by atoms with van der Waals surface area (Å²) in [5.74, 6) is -2.30. The van der Waals surface area contributed by atoms with E-state index in [-0.39, 0.29) is 91.5 Å². The second-order valence-electron chi connectivity index (χ2n) is 17.3. The number of halogens is 1. The maximum atomic E-state index is 14.0. The van der Waals surface area contributed by atoms with Crippen LogP contribution in [0.4, 0.5) is 10.1 Å². The van der Waals surface area contributed by atoms with Gasteiger partial charge in [0.2, 0.25) is 23.6 Å². The zero-order valence-corrected chi connectivity index (χ0v) is 36.7. The van der Waals surface area contributed by atoms with Gasteiger partial charge in [-0.15, -0.1) is 0 Å². The summed E-state index contributed by atoms with van der Waals surface area (Å²) in [6, 6.07) is 17.4. The van der Waals surface area contributed by atoms with E-state index in [1.165, 1.54) is 24.3 Å². The number of benzene rings is 3. The predicted octanol–water partition coefficient (Wildman–Crippen LogP) is 5.30. The lowest BCUT2D eigenvalue weighted by atomic mass is 9.73. The number of piperidine rings is 2. The maximum Gasteiger partial charge on any atom is 0.266 e. The van der Waals surface area contributed by atoms with Crippen molar-refractivity contribution >= 4 is 57.9 Å². The first kappa shape index (κ1) is 45.8. The number of carbonyl (C=O) groups excluding carboxylic acids is 7. The highest BCUT2D eigenvalue weighted by Gasteiger charge is 2.46. The smallest absolute Gasteiger partial charge is 0.266 e. The predicted molar refractivity (Wildman–Crippen MR) is 238 cm³/mol. The molecule has 16 nitrogen and oxygen atoms in total. The van der Waals surface area contributed by atoms with E-state index in [1.807, 2.05) is 37.3 Å². The van der Waals surface area contributed by atoms with Gasteiger partial charge in [0.25, 0.3) is 17.7 Å². The van der Waals surface area contributed by atoms with Crippen LogP contribution in [0.15, 0.2) is 72.9 Å². The summed E-state index contributed by atoms with van der Waals surface area (Å²) in [5.41, 5.74) is 2.62. The van der Waals surface area contributed by atoms with Crippen molar-refractivity contribution in [2.45, 2.75) is 82.8 Å². The topological polar surface area (TPSA) is 203 Å². The molecule has 4 aromatic rings. The molecule has 346 valence electrons. The van der Waals surface area contributed by atoms with Crippen LogP contribution in [-0.2, 0) is 28.7 Å². The number of nitrogens with one attached hydrogen (secondary N) is 3. The molecule has 1 aliphatic carbocycles. The monoisotopic (exact) mass is 904 g/mol. The van der Waals surface area contributed by atoms with E-state index in [4.69, 9.17) is 14.2 Å².